The van der Waals surface area contributed by atoms with Crippen LogP contribution in [-0.4, -0.2) is 25.7 Å². The average Bonchev–Trinajstić information content (AvgIpc) is 2.46. The number of fused-ring (bicyclic) bond motifs is 1. The summed E-state index contributed by atoms with van der Waals surface area (Å²) >= 11 is 0. The number of nitrogens with two attached hydrogens (primary N) is 1. The molecule has 0 aromatic heterocycles. The fourth-order valence-corrected chi connectivity index (χ4v) is 1.94. The van der Waals surface area contributed by atoms with Crippen LogP contribution in [0.2, 0.25) is 0 Å². The number of nitrogens with one attached hydrogen (secondary N) is 1. The summed E-state index contributed by atoms with van der Waals surface area (Å²) in [5.74, 6) is -1.06. The van der Waals surface area contributed by atoms with Gasteiger partial charge >= 0.3 is 0 Å². The molecule has 0 radical (unpaired) electrons. The lowest BCUT2D eigenvalue weighted by molar-refractivity contribution is -0.0703. The smallest absolute Gasteiger partial charge is 0.275 e. The van der Waals surface area contributed by atoms with Crippen molar-refractivity contribution in [3.05, 3.63) is 47.5 Å². The first-order valence-corrected chi connectivity index (χ1v) is 5.87. The van der Waals surface area contributed by atoms with Crippen molar-refractivity contribution >= 4 is 22.6 Å². The molecule has 20 heavy (non-hydrogen) atoms. The highest BCUT2D eigenvalue weighted by atomic mass is 16.8. The third-order valence-electron chi connectivity index (χ3n) is 2.76. The summed E-state index contributed by atoms with van der Waals surface area (Å²) in [4.78, 5) is 28.4. The van der Waals surface area contributed by atoms with E-state index in [0.29, 0.717) is 16.5 Å². The van der Waals surface area contributed by atoms with Crippen molar-refractivity contribution in [2.75, 3.05) is 13.9 Å². The van der Waals surface area contributed by atoms with Crippen LogP contribution < -0.4 is 11.2 Å². The first kappa shape index (κ1) is 14.0. The Labute approximate surface area is 115 Å². The molecule has 0 heterocycles. The molecule has 6 nitrogen and oxygen atoms in total. The number of carbonyl (C=O) groups is 2. The first-order valence-electron chi connectivity index (χ1n) is 5.87. The molecule has 0 aliphatic heterocycles. The number of benzene rings is 2. The fourth-order valence-electron chi connectivity index (χ4n) is 1.94. The number of amides is 2. The summed E-state index contributed by atoms with van der Waals surface area (Å²) in [6.07, 6.45) is 0. The Bertz CT molecular complexity index is 649. The van der Waals surface area contributed by atoms with Gasteiger partial charge in [0.1, 0.15) is 0 Å². The van der Waals surface area contributed by atoms with E-state index in [1.165, 1.54) is 7.11 Å². The van der Waals surface area contributed by atoms with Gasteiger partial charge in [-0.1, -0.05) is 24.3 Å². The average molecular weight is 274 g/mol. The quantitative estimate of drug-likeness (QED) is 0.487. The second-order valence-electron chi connectivity index (χ2n) is 4.06. The first-order chi connectivity index (χ1) is 9.65. The molecule has 6 heteroatoms. The Morgan fingerprint density at radius 1 is 1.15 bits per heavy atom. The van der Waals surface area contributed by atoms with Crippen LogP contribution in [0.1, 0.15) is 20.7 Å². The lowest BCUT2D eigenvalue weighted by Gasteiger charge is -2.10. The summed E-state index contributed by atoms with van der Waals surface area (Å²) in [6, 6.07) is 10.2. The molecule has 2 aromatic carbocycles. The maximum atomic E-state index is 12.1. The van der Waals surface area contributed by atoms with Gasteiger partial charge < -0.3 is 10.5 Å². The fraction of sp³-hybridized carbons (Fsp3) is 0.143. The molecular formula is C14H14N2O4. The van der Waals surface area contributed by atoms with E-state index in [9.17, 15) is 9.59 Å². The van der Waals surface area contributed by atoms with Gasteiger partial charge in [0, 0.05) is 18.1 Å². The molecule has 0 saturated heterocycles. The minimum Gasteiger partial charge on any atom is -0.366 e. The van der Waals surface area contributed by atoms with Gasteiger partial charge in [-0.3, -0.25) is 9.59 Å². The molecule has 0 aliphatic carbocycles. The molecule has 2 aromatic rings. The molecule has 3 N–H and O–H groups in total. The number of methoxy groups -OCH3 is 1. The number of hydrogen-bond acceptors (Lipinski definition) is 4. The van der Waals surface area contributed by atoms with Crippen molar-refractivity contribution in [3.8, 4) is 0 Å². The van der Waals surface area contributed by atoms with E-state index in [2.05, 4.69) is 10.2 Å². The number of carbonyl (C=O) groups excluding carboxylic acids is 2. The number of ether oxygens (including phenoxy) is 1. The number of hydroxylamine groups is 1. The number of primary amides is 1. The van der Waals surface area contributed by atoms with E-state index in [1.54, 1.807) is 36.4 Å². The monoisotopic (exact) mass is 274 g/mol. The Balaban J connectivity index is 2.47. The summed E-state index contributed by atoms with van der Waals surface area (Å²) < 4.78 is 4.67. The van der Waals surface area contributed by atoms with Crippen LogP contribution >= 0.6 is 0 Å². The predicted octanol–water partition coefficient (Wildman–Crippen LogP) is 1.20. The molecule has 0 bridgehead atoms. The van der Waals surface area contributed by atoms with Crippen LogP contribution in [0.15, 0.2) is 36.4 Å². The summed E-state index contributed by atoms with van der Waals surface area (Å²) in [5.41, 5.74) is 8.20. The van der Waals surface area contributed by atoms with Crippen molar-refractivity contribution in [2.24, 2.45) is 5.73 Å². The zero-order valence-corrected chi connectivity index (χ0v) is 10.9. The van der Waals surface area contributed by atoms with Gasteiger partial charge in [-0.25, -0.2) is 10.3 Å². The predicted molar refractivity (Wildman–Crippen MR) is 72.9 cm³/mol. The van der Waals surface area contributed by atoms with Gasteiger partial charge in [-0.05, 0) is 17.5 Å². The highest BCUT2D eigenvalue weighted by Gasteiger charge is 2.15. The molecule has 2 amide bonds. The summed E-state index contributed by atoms with van der Waals surface area (Å²) in [5, 5.41) is 1.25. The van der Waals surface area contributed by atoms with E-state index < -0.39 is 11.8 Å². The minimum absolute atomic E-state index is 0.0703. The van der Waals surface area contributed by atoms with Crippen LogP contribution in [0.25, 0.3) is 10.8 Å². The van der Waals surface area contributed by atoms with Crippen LogP contribution in [0, 0.1) is 0 Å². The van der Waals surface area contributed by atoms with E-state index in [4.69, 9.17) is 10.6 Å². The minimum atomic E-state index is -0.589. The van der Waals surface area contributed by atoms with E-state index >= 15 is 0 Å². The maximum absolute atomic E-state index is 12.1. The summed E-state index contributed by atoms with van der Waals surface area (Å²) in [6.45, 7) is -0.0703. The highest BCUT2D eigenvalue weighted by molar-refractivity contribution is 6.15. The van der Waals surface area contributed by atoms with Crippen molar-refractivity contribution in [3.63, 3.8) is 0 Å². The van der Waals surface area contributed by atoms with Crippen LogP contribution in [0.4, 0.5) is 0 Å². The van der Waals surface area contributed by atoms with Crippen molar-refractivity contribution in [1.29, 1.82) is 0 Å². The Kier molecular flexibility index (Phi) is 4.29. The molecule has 0 unspecified atom stereocenters. The summed E-state index contributed by atoms with van der Waals surface area (Å²) in [7, 11) is 1.44. The van der Waals surface area contributed by atoms with Gasteiger partial charge in [-0.15, -0.1) is 0 Å². The standard InChI is InChI=1S/C14H14N2O4/c1-19-8-20-16-14(18)11-7-3-5-9-4-2-6-10(12(9)11)13(15)17/h2-7H,8H2,1H3,(H2,15,17)(H,16,18). The Morgan fingerprint density at radius 2 is 1.80 bits per heavy atom. The molecular weight excluding hydrogens is 260 g/mol. The van der Waals surface area contributed by atoms with Gasteiger partial charge in [0.2, 0.25) is 5.91 Å². The second kappa shape index (κ2) is 6.14. The normalized spacial score (nSPS) is 10.4. The largest absolute Gasteiger partial charge is 0.366 e. The topological polar surface area (TPSA) is 90.7 Å². The molecule has 104 valence electrons. The second-order valence-corrected chi connectivity index (χ2v) is 4.06. The zero-order chi connectivity index (χ0) is 14.5. The van der Waals surface area contributed by atoms with E-state index in [0.717, 1.165) is 5.39 Å². The maximum Gasteiger partial charge on any atom is 0.275 e. The number of rotatable bonds is 5. The number of hydrogen-bond donors (Lipinski definition) is 2. The van der Waals surface area contributed by atoms with Crippen LogP contribution in [0.5, 0.6) is 0 Å². The molecule has 0 atom stereocenters. The van der Waals surface area contributed by atoms with Gasteiger partial charge in [0.05, 0.1) is 5.56 Å². The van der Waals surface area contributed by atoms with Gasteiger partial charge in [0.25, 0.3) is 5.91 Å². The molecule has 2 rings (SSSR count). The van der Waals surface area contributed by atoms with Crippen LogP contribution in [-0.2, 0) is 9.57 Å². The van der Waals surface area contributed by atoms with Crippen molar-refractivity contribution in [1.82, 2.24) is 5.48 Å². The molecule has 0 saturated carbocycles. The molecule has 0 fully saturated rings. The van der Waals surface area contributed by atoms with Crippen molar-refractivity contribution in [2.45, 2.75) is 0 Å². The molecule has 0 spiro atoms. The SMILES string of the molecule is COCONC(=O)c1cccc2cccc(C(N)=O)c12. The van der Waals surface area contributed by atoms with E-state index in [-0.39, 0.29) is 6.79 Å². The third-order valence-corrected chi connectivity index (χ3v) is 2.76. The lowest BCUT2D eigenvalue weighted by atomic mass is 9.98. The Hall–Kier alpha value is -2.44. The van der Waals surface area contributed by atoms with E-state index in [1.807, 2.05) is 0 Å². The third kappa shape index (κ3) is 2.76. The zero-order valence-electron chi connectivity index (χ0n) is 10.9. The highest BCUT2D eigenvalue weighted by Crippen LogP contribution is 2.23. The van der Waals surface area contributed by atoms with Crippen molar-refractivity contribution < 1.29 is 19.2 Å². The lowest BCUT2D eigenvalue weighted by Crippen LogP contribution is -2.25. The Morgan fingerprint density at radius 3 is 2.40 bits per heavy atom. The molecule has 0 aliphatic rings. The van der Waals surface area contributed by atoms with Gasteiger partial charge in [0.15, 0.2) is 6.79 Å². The van der Waals surface area contributed by atoms with Gasteiger partial charge in [-0.2, -0.15) is 0 Å². The van der Waals surface area contributed by atoms with Crippen LogP contribution in [0.3, 0.4) is 0 Å².